The molecule has 15 heavy (non-hydrogen) atoms. The molecule has 0 aromatic rings. The third kappa shape index (κ3) is 1.79. The summed E-state index contributed by atoms with van der Waals surface area (Å²) in [6.45, 7) is 4.62. The Balaban J connectivity index is 3.43. The van der Waals surface area contributed by atoms with Crippen molar-refractivity contribution < 1.29 is 9.90 Å². The number of allylic oxidation sites excluding steroid dienone is 1. The first-order valence-electron chi connectivity index (χ1n) is 4.65. The highest BCUT2D eigenvalue weighted by molar-refractivity contribution is 5.95. The van der Waals surface area contributed by atoms with E-state index in [0.717, 1.165) is 0 Å². The van der Waals surface area contributed by atoms with Crippen LogP contribution in [0.3, 0.4) is 0 Å². The Labute approximate surface area is 88.7 Å². The highest BCUT2D eigenvalue weighted by Crippen LogP contribution is 2.35. The molecule has 0 bridgehead atoms. The van der Waals surface area contributed by atoms with Crippen LogP contribution in [0.25, 0.3) is 0 Å². The highest BCUT2D eigenvalue weighted by atomic mass is 16.3. The molecule has 0 saturated carbocycles. The second kappa shape index (κ2) is 3.52. The fourth-order valence-corrected chi connectivity index (χ4v) is 1.65. The van der Waals surface area contributed by atoms with Gasteiger partial charge >= 0.3 is 0 Å². The van der Waals surface area contributed by atoms with Gasteiger partial charge in [-0.15, -0.1) is 0 Å². The van der Waals surface area contributed by atoms with E-state index >= 15 is 0 Å². The van der Waals surface area contributed by atoms with E-state index < -0.39 is 5.60 Å². The molecule has 1 rings (SSSR count). The predicted octanol–water partition coefficient (Wildman–Crippen LogP) is 0.783. The summed E-state index contributed by atoms with van der Waals surface area (Å²) in [4.78, 5) is 11.3. The van der Waals surface area contributed by atoms with Crippen LogP contribution >= 0.6 is 0 Å². The molecule has 4 heteroatoms. The number of hydrogen-bond donors (Lipinski definition) is 2. The summed E-state index contributed by atoms with van der Waals surface area (Å²) in [5.74, 6) is -0.201. The molecule has 1 atom stereocenters. The predicted molar refractivity (Wildman–Crippen MR) is 55.4 cm³/mol. The number of carbonyl (C=O) groups is 1. The van der Waals surface area contributed by atoms with E-state index in [1.54, 1.807) is 13.8 Å². The van der Waals surface area contributed by atoms with E-state index in [1.165, 1.54) is 6.92 Å². The van der Waals surface area contributed by atoms with Gasteiger partial charge in [0.25, 0.3) is 0 Å². The minimum atomic E-state index is -1.16. The first-order valence-corrected chi connectivity index (χ1v) is 4.65. The van der Waals surface area contributed by atoms with Crippen LogP contribution in [0.1, 0.15) is 27.2 Å². The van der Waals surface area contributed by atoms with Crippen molar-refractivity contribution in [2.75, 3.05) is 0 Å². The van der Waals surface area contributed by atoms with E-state index in [4.69, 9.17) is 11.0 Å². The fraction of sp³-hybridized carbons (Fsp3) is 0.455. The van der Waals surface area contributed by atoms with Gasteiger partial charge in [-0.25, -0.2) is 0 Å². The largest absolute Gasteiger partial charge is 0.397 e. The lowest BCUT2D eigenvalue weighted by atomic mass is 9.79. The average Bonchev–Trinajstić information content (AvgIpc) is 2.12. The molecule has 0 amide bonds. The molecule has 0 saturated heterocycles. The van der Waals surface area contributed by atoms with E-state index in [2.05, 4.69) is 0 Å². The normalized spacial score (nSPS) is 26.6. The Kier molecular flexibility index (Phi) is 2.69. The summed E-state index contributed by atoms with van der Waals surface area (Å²) in [5.41, 5.74) is 5.83. The number of Topliss-reactive ketones (excluding diaryl/α,β-unsaturated/α-hetero) is 1. The van der Waals surface area contributed by atoms with Crippen molar-refractivity contribution >= 4 is 5.78 Å². The molecule has 0 spiro atoms. The Morgan fingerprint density at radius 3 is 2.60 bits per heavy atom. The Morgan fingerprint density at radius 1 is 1.67 bits per heavy atom. The number of nitrogens with two attached hydrogens (primary N) is 1. The minimum absolute atomic E-state index is 0.172. The van der Waals surface area contributed by atoms with E-state index in [1.807, 2.05) is 6.07 Å². The smallest absolute Gasteiger partial charge is 0.158 e. The number of nitrogens with zero attached hydrogens (tertiary/aromatic N) is 1. The molecule has 4 nitrogen and oxygen atoms in total. The average molecular weight is 206 g/mol. The maximum absolute atomic E-state index is 11.3. The first-order chi connectivity index (χ1) is 6.81. The first kappa shape index (κ1) is 11.5. The van der Waals surface area contributed by atoms with Crippen LogP contribution in [-0.2, 0) is 4.79 Å². The second-order valence-corrected chi connectivity index (χ2v) is 4.01. The van der Waals surface area contributed by atoms with Gasteiger partial charge in [0.15, 0.2) is 5.78 Å². The third-order valence-electron chi connectivity index (χ3n) is 2.84. The molecule has 1 unspecified atom stereocenters. The van der Waals surface area contributed by atoms with Crippen LogP contribution in [0.15, 0.2) is 22.4 Å². The van der Waals surface area contributed by atoms with Crippen molar-refractivity contribution in [1.29, 1.82) is 5.26 Å². The zero-order chi connectivity index (χ0) is 11.8. The van der Waals surface area contributed by atoms with Gasteiger partial charge in [-0.1, -0.05) is 0 Å². The van der Waals surface area contributed by atoms with Crippen molar-refractivity contribution in [2.45, 2.75) is 32.8 Å². The lowest BCUT2D eigenvalue weighted by Gasteiger charge is -2.31. The second-order valence-electron chi connectivity index (χ2n) is 4.01. The number of nitriles is 1. The molecule has 1 aliphatic carbocycles. The van der Waals surface area contributed by atoms with Gasteiger partial charge in [0, 0.05) is 12.0 Å². The van der Waals surface area contributed by atoms with Gasteiger partial charge in [-0.05, 0) is 26.3 Å². The molecule has 0 aliphatic heterocycles. The molecule has 0 fully saturated rings. The van der Waals surface area contributed by atoms with Crippen LogP contribution in [0.2, 0.25) is 0 Å². The maximum Gasteiger partial charge on any atom is 0.158 e. The van der Waals surface area contributed by atoms with Crippen molar-refractivity contribution in [2.24, 2.45) is 5.73 Å². The van der Waals surface area contributed by atoms with Gasteiger partial charge in [0.05, 0.1) is 16.9 Å². The number of hydrogen-bond acceptors (Lipinski definition) is 4. The highest BCUT2D eigenvalue weighted by Gasteiger charge is 2.34. The van der Waals surface area contributed by atoms with Crippen LogP contribution < -0.4 is 5.73 Å². The quantitative estimate of drug-likeness (QED) is 0.663. The Bertz CT molecular complexity index is 422. The number of aliphatic hydroxyl groups is 1. The molecule has 1 aliphatic rings. The molecule has 0 aromatic carbocycles. The van der Waals surface area contributed by atoms with Gasteiger partial charge in [0.2, 0.25) is 0 Å². The molecular formula is C11H14N2O2. The molecule has 0 radical (unpaired) electrons. The van der Waals surface area contributed by atoms with Crippen molar-refractivity contribution in [3.8, 4) is 6.07 Å². The fourth-order valence-electron chi connectivity index (χ4n) is 1.65. The molecule has 0 aromatic heterocycles. The van der Waals surface area contributed by atoms with E-state index in [0.29, 0.717) is 11.1 Å². The van der Waals surface area contributed by atoms with E-state index in [-0.39, 0.29) is 23.5 Å². The summed E-state index contributed by atoms with van der Waals surface area (Å²) in [7, 11) is 0. The van der Waals surface area contributed by atoms with Crippen LogP contribution in [0.4, 0.5) is 0 Å². The lowest BCUT2D eigenvalue weighted by molar-refractivity contribution is -0.114. The molecule has 80 valence electrons. The lowest BCUT2D eigenvalue weighted by Crippen LogP contribution is -2.34. The summed E-state index contributed by atoms with van der Waals surface area (Å²) >= 11 is 0. The van der Waals surface area contributed by atoms with Gasteiger partial charge in [-0.2, -0.15) is 5.26 Å². The summed E-state index contributed by atoms with van der Waals surface area (Å²) < 4.78 is 0. The van der Waals surface area contributed by atoms with Crippen molar-refractivity contribution in [3.63, 3.8) is 0 Å². The van der Waals surface area contributed by atoms with Crippen molar-refractivity contribution in [3.05, 3.63) is 22.4 Å². The SMILES string of the molecule is CC(=O)C1=C(N)C(C#N)=C(C)C(C)(O)C1. The van der Waals surface area contributed by atoms with Crippen LogP contribution in [0, 0.1) is 11.3 Å². The number of rotatable bonds is 1. The standard InChI is InChI=1S/C11H14N2O2/c1-6-9(5-12)10(13)8(7(2)14)4-11(6,3)15/h15H,4,13H2,1-3H3. The van der Waals surface area contributed by atoms with Crippen molar-refractivity contribution in [1.82, 2.24) is 0 Å². The zero-order valence-corrected chi connectivity index (χ0v) is 9.09. The van der Waals surface area contributed by atoms with Crippen LogP contribution in [-0.4, -0.2) is 16.5 Å². The van der Waals surface area contributed by atoms with Gasteiger partial charge < -0.3 is 10.8 Å². The molecule has 0 heterocycles. The minimum Gasteiger partial charge on any atom is -0.397 e. The maximum atomic E-state index is 11.3. The Morgan fingerprint density at radius 2 is 2.20 bits per heavy atom. The Hall–Kier alpha value is -1.60. The summed E-state index contributed by atoms with van der Waals surface area (Å²) in [5, 5.41) is 18.9. The van der Waals surface area contributed by atoms with Gasteiger partial charge in [-0.3, -0.25) is 4.79 Å². The third-order valence-corrected chi connectivity index (χ3v) is 2.84. The zero-order valence-electron chi connectivity index (χ0n) is 9.09. The van der Waals surface area contributed by atoms with Crippen LogP contribution in [0.5, 0.6) is 0 Å². The summed E-state index contributed by atoms with van der Waals surface area (Å²) in [6, 6.07) is 1.93. The van der Waals surface area contributed by atoms with E-state index in [9.17, 15) is 9.90 Å². The monoisotopic (exact) mass is 206 g/mol. The summed E-state index contributed by atoms with van der Waals surface area (Å²) in [6.07, 6.45) is 0.172. The molecule has 3 N–H and O–H groups in total. The number of carbonyl (C=O) groups excluding carboxylic acids is 1. The number of ketones is 1. The topological polar surface area (TPSA) is 87.1 Å². The molecular weight excluding hydrogens is 192 g/mol. The van der Waals surface area contributed by atoms with Gasteiger partial charge in [0.1, 0.15) is 6.07 Å².